The van der Waals surface area contributed by atoms with Gasteiger partial charge < -0.3 is 24.5 Å². The molecule has 0 amide bonds. The summed E-state index contributed by atoms with van der Waals surface area (Å²) in [6.45, 7) is 1.08. The van der Waals surface area contributed by atoms with Crippen LogP contribution in [0.1, 0.15) is 18.1 Å². The minimum Gasteiger partial charge on any atom is -0.423 e. The van der Waals surface area contributed by atoms with E-state index in [1.54, 1.807) is 10.3 Å². The van der Waals surface area contributed by atoms with Crippen molar-refractivity contribution in [2.24, 2.45) is 0 Å². The number of piperidine rings is 1. The molecule has 13 heteroatoms. The van der Waals surface area contributed by atoms with Crippen LogP contribution in [-0.2, 0) is 0 Å². The molecule has 3 unspecified atom stereocenters. The van der Waals surface area contributed by atoms with Gasteiger partial charge in [0.2, 0.25) is 0 Å². The SMILES string of the molecule is OC(c1cc(-c2cscn2)c2oc(N3CC4CC(C3)N4)nc2c1OC(F)(F)F)C(F)F. The third-order valence-electron chi connectivity index (χ3n) is 5.31. The molecular weight excluding hydrogens is 447 g/mol. The molecule has 31 heavy (non-hydrogen) atoms. The Labute approximate surface area is 175 Å². The van der Waals surface area contributed by atoms with Crippen molar-refractivity contribution in [3.05, 3.63) is 22.5 Å². The number of hydrogen-bond donors (Lipinski definition) is 2. The second-order valence-corrected chi connectivity index (χ2v) is 8.14. The zero-order valence-electron chi connectivity index (χ0n) is 15.6. The van der Waals surface area contributed by atoms with Gasteiger partial charge >= 0.3 is 6.36 Å². The number of piperazine rings is 1. The Kier molecular flexibility index (Phi) is 4.79. The summed E-state index contributed by atoms with van der Waals surface area (Å²) in [6, 6.07) is 1.47. The molecule has 0 spiro atoms. The van der Waals surface area contributed by atoms with Crippen LogP contribution in [0.4, 0.5) is 28.0 Å². The highest BCUT2D eigenvalue weighted by molar-refractivity contribution is 7.07. The topological polar surface area (TPSA) is 83.7 Å². The number of oxazole rings is 1. The third-order valence-corrected chi connectivity index (χ3v) is 5.90. The van der Waals surface area contributed by atoms with Gasteiger partial charge in [0.1, 0.15) is 6.10 Å². The molecule has 3 aliphatic heterocycles. The Hall–Kier alpha value is -2.51. The minimum atomic E-state index is -5.19. The standard InChI is InChI=1S/C18H15F5N4O3S/c19-16(20)13(28)10-2-9(11-5-31-6-24-11)14-12(15(10)30-18(21,22)23)26-17(29-14)27-3-7-1-8(4-27)25-7/h2,5-8,13,16,25,28H,1,3-4H2. The van der Waals surface area contributed by atoms with Gasteiger partial charge in [0.15, 0.2) is 16.8 Å². The van der Waals surface area contributed by atoms with E-state index in [0.717, 1.165) is 12.5 Å². The molecule has 6 rings (SSSR count). The van der Waals surface area contributed by atoms with Crippen molar-refractivity contribution in [2.75, 3.05) is 18.0 Å². The maximum atomic E-state index is 13.3. The molecule has 166 valence electrons. The fourth-order valence-corrected chi connectivity index (χ4v) is 4.54. The molecule has 3 fully saturated rings. The number of aliphatic hydroxyl groups excluding tert-OH is 1. The van der Waals surface area contributed by atoms with Gasteiger partial charge in [-0.3, -0.25) is 0 Å². The van der Waals surface area contributed by atoms with E-state index >= 15 is 0 Å². The Morgan fingerprint density at radius 2 is 2.00 bits per heavy atom. The number of halogens is 5. The molecule has 3 aliphatic rings. The van der Waals surface area contributed by atoms with Crippen LogP contribution in [0, 0.1) is 0 Å². The number of anilines is 1. The molecule has 3 aromatic rings. The van der Waals surface area contributed by atoms with Gasteiger partial charge in [-0.05, 0) is 12.5 Å². The van der Waals surface area contributed by atoms with E-state index in [2.05, 4.69) is 20.0 Å². The fraction of sp³-hybridized carbons (Fsp3) is 0.444. The normalized spacial score (nSPS) is 22.1. The molecular formula is C18H15F5N4O3S. The zero-order chi connectivity index (χ0) is 21.9. The van der Waals surface area contributed by atoms with E-state index in [1.807, 2.05) is 0 Å². The van der Waals surface area contributed by atoms with Gasteiger partial charge in [-0.1, -0.05) is 0 Å². The van der Waals surface area contributed by atoms with Crippen molar-refractivity contribution in [3.8, 4) is 17.0 Å². The predicted octanol–water partition coefficient (Wildman–Crippen LogP) is 3.70. The van der Waals surface area contributed by atoms with E-state index in [4.69, 9.17) is 4.42 Å². The summed E-state index contributed by atoms with van der Waals surface area (Å²) < 4.78 is 75.8. The second-order valence-electron chi connectivity index (χ2n) is 7.42. The maximum Gasteiger partial charge on any atom is 0.573 e. The first-order valence-corrected chi connectivity index (χ1v) is 10.2. The van der Waals surface area contributed by atoms with Crippen molar-refractivity contribution >= 4 is 28.5 Å². The molecule has 3 atom stereocenters. The van der Waals surface area contributed by atoms with Crippen LogP contribution < -0.4 is 15.0 Å². The Morgan fingerprint density at radius 3 is 2.58 bits per heavy atom. The van der Waals surface area contributed by atoms with Crippen LogP contribution in [0.5, 0.6) is 5.75 Å². The number of nitrogens with zero attached hydrogens (tertiary/aromatic N) is 3. The number of fused-ring (bicyclic) bond motifs is 3. The molecule has 2 bridgehead atoms. The Balaban J connectivity index is 1.72. The summed E-state index contributed by atoms with van der Waals surface area (Å²) >= 11 is 1.20. The van der Waals surface area contributed by atoms with Crippen molar-refractivity contribution in [2.45, 2.75) is 37.4 Å². The Bertz CT molecular complexity index is 1090. The smallest absolute Gasteiger partial charge is 0.423 e. The molecule has 0 saturated carbocycles. The fourth-order valence-electron chi connectivity index (χ4n) is 3.99. The van der Waals surface area contributed by atoms with Crippen LogP contribution in [0.2, 0.25) is 0 Å². The highest BCUT2D eigenvalue weighted by Gasteiger charge is 2.40. The van der Waals surface area contributed by atoms with Gasteiger partial charge in [-0.2, -0.15) is 4.98 Å². The lowest BCUT2D eigenvalue weighted by Crippen LogP contribution is -2.67. The monoisotopic (exact) mass is 462 g/mol. The zero-order valence-corrected chi connectivity index (χ0v) is 16.4. The summed E-state index contributed by atoms with van der Waals surface area (Å²) in [6.07, 6.45) is -10.1. The summed E-state index contributed by atoms with van der Waals surface area (Å²) in [5.74, 6) is -1.01. The maximum absolute atomic E-state index is 13.3. The lowest BCUT2D eigenvalue weighted by molar-refractivity contribution is -0.274. The third kappa shape index (κ3) is 3.70. The average Bonchev–Trinajstić information content (AvgIpc) is 3.36. The van der Waals surface area contributed by atoms with Gasteiger partial charge in [-0.15, -0.1) is 24.5 Å². The lowest BCUT2D eigenvalue weighted by atomic mass is 9.92. The van der Waals surface area contributed by atoms with E-state index in [1.165, 1.54) is 16.8 Å². The van der Waals surface area contributed by atoms with E-state index in [0.29, 0.717) is 18.8 Å². The lowest BCUT2D eigenvalue weighted by Gasteiger charge is -2.47. The largest absolute Gasteiger partial charge is 0.573 e. The van der Waals surface area contributed by atoms with Crippen LogP contribution in [0.15, 0.2) is 21.4 Å². The van der Waals surface area contributed by atoms with E-state index in [9.17, 15) is 27.1 Å². The summed E-state index contributed by atoms with van der Waals surface area (Å²) in [5.41, 5.74) is 0.677. The number of rotatable bonds is 5. The average molecular weight is 462 g/mol. The summed E-state index contributed by atoms with van der Waals surface area (Å²) in [7, 11) is 0. The van der Waals surface area contributed by atoms with Crippen LogP contribution in [-0.4, -0.2) is 53.0 Å². The van der Waals surface area contributed by atoms with Crippen molar-refractivity contribution in [1.82, 2.24) is 15.3 Å². The van der Waals surface area contributed by atoms with Crippen molar-refractivity contribution in [1.29, 1.82) is 0 Å². The minimum absolute atomic E-state index is 0.0541. The first-order chi connectivity index (χ1) is 14.7. The molecule has 0 radical (unpaired) electrons. The van der Waals surface area contributed by atoms with E-state index in [-0.39, 0.29) is 29.2 Å². The van der Waals surface area contributed by atoms with Crippen LogP contribution in [0.25, 0.3) is 22.4 Å². The summed E-state index contributed by atoms with van der Waals surface area (Å²) in [4.78, 5) is 10.1. The second kappa shape index (κ2) is 7.28. The van der Waals surface area contributed by atoms with Gasteiger partial charge in [0, 0.05) is 41.7 Å². The molecule has 7 nitrogen and oxygen atoms in total. The van der Waals surface area contributed by atoms with E-state index < -0.39 is 35.7 Å². The molecule has 2 N–H and O–H groups in total. The van der Waals surface area contributed by atoms with Gasteiger partial charge in [0.25, 0.3) is 12.4 Å². The van der Waals surface area contributed by atoms with Crippen LogP contribution in [0.3, 0.4) is 0 Å². The number of benzene rings is 1. The predicted molar refractivity (Wildman–Crippen MR) is 100 cm³/mol. The number of aromatic nitrogens is 2. The molecule has 3 saturated heterocycles. The first-order valence-electron chi connectivity index (χ1n) is 9.28. The first kappa shape index (κ1) is 20.4. The number of nitrogens with one attached hydrogen (secondary N) is 1. The van der Waals surface area contributed by atoms with Crippen molar-refractivity contribution < 1.29 is 36.2 Å². The van der Waals surface area contributed by atoms with Crippen LogP contribution >= 0.6 is 11.3 Å². The molecule has 2 aromatic heterocycles. The van der Waals surface area contributed by atoms with Gasteiger partial charge in [-0.25, -0.2) is 13.8 Å². The van der Waals surface area contributed by atoms with Crippen molar-refractivity contribution in [3.63, 3.8) is 0 Å². The molecule has 5 heterocycles. The quantitative estimate of drug-likeness (QED) is 0.560. The molecule has 1 aromatic carbocycles. The molecule has 0 aliphatic carbocycles. The number of alkyl halides is 5. The number of hydrogen-bond acceptors (Lipinski definition) is 8. The summed E-state index contributed by atoms with van der Waals surface area (Å²) in [5, 5.41) is 14.9. The van der Waals surface area contributed by atoms with Gasteiger partial charge in [0.05, 0.1) is 11.2 Å². The highest BCUT2D eigenvalue weighted by atomic mass is 32.1. The Morgan fingerprint density at radius 1 is 1.29 bits per heavy atom. The highest BCUT2D eigenvalue weighted by Crippen LogP contribution is 2.44. The number of aliphatic hydroxyl groups is 1. The number of thiazole rings is 1. The number of ether oxygens (including phenoxy) is 1.